The Balaban J connectivity index is 1.89. The Labute approximate surface area is 144 Å². The zero-order chi connectivity index (χ0) is 17.7. The molecule has 0 aliphatic carbocycles. The molecule has 1 fully saturated rings. The van der Waals surface area contributed by atoms with E-state index < -0.39 is 10.0 Å². The van der Waals surface area contributed by atoms with E-state index >= 15 is 0 Å². The van der Waals surface area contributed by atoms with Gasteiger partial charge in [0.2, 0.25) is 15.9 Å². The zero-order valence-corrected chi connectivity index (χ0v) is 15.4. The Morgan fingerprint density at radius 2 is 1.96 bits per heavy atom. The Morgan fingerprint density at radius 1 is 1.29 bits per heavy atom. The summed E-state index contributed by atoms with van der Waals surface area (Å²) in [7, 11) is -3.34. The van der Waals surface area contributed by atoms with Gasteiger partial charge in [0.1, 0.15) is 0 Å². The molecule has 0 unspecified atom stereocenters. The molecule has 1 aliphatic heterocycles. The fraction of sp³-hybridized carbons (Fsp3) is 0.588. The fourth-order valence-electron chi connectivity index (χ4n) is 2.83. The molecule has 0 aromatic heterocycles. The molecule has 0 radical (unpaired) electrons. The van der Waals surface area contributed by atoms with Crippen LogP contribution in [0.4, 0.5) is 5.69 Å². The Kier molecular flexibility index (Phi) is 6.23. The van der Waals surface area contributed by atoms with Crippen molar-refractivity contribution in [1.82, 2.24) is 9.62 Å². The predicted octanol–water partition coefficient (Wildman–Crippen LogP) is 1.76. The van der Waals surface area contributed by atoms with Gasteiger partial charge < -0.3 is 10.2 Å². The van der Waals surface area contributed by atoms with E-state index in [0.29, 0.717) is 19.0 Å². The maximum atomic E-state index is 12.1. The molecular formula is C17H27N3O3S. The first-order valence-electron chi connectivity index (χ1n) is 8.33. The van der Waals surface area contributed by atoms with Gasteiger partial charge in [-0.1, -0.05) is 26.0 Å². The molecule has 0 bridgehead atoms. The second-order valence-electron chi connectivity index (χ2n) is 6.69. The minimum absolute atomic E-state index is 0.172. The van der Waals surface area contributed by atoms with Crippen molar-refractivity contribution in [3.8, 4) is 0 Å². The number of hydrogen-bond donors (Lipinski definition) is 2. The van der Waals surface area contributed by atoms with Crippen LogP contribution in [0.3, 0.4) is 0 Å². The number of benzene rings is 1. The maximum Gasteiger partial charge on any atom is 0.237 e. The Hall–Kier alpha value is -1.60. The van der Waals surface area contributed by atoms with Gasteiger partial charge in [-0.25, -0.2) is 13.1 Å². The third kappa shape index (κ3) is 5.79. The second-order valence-corrected chi connectivity index (χ2v) is 8.53. The van der Waals surface area contributed by atoms with Crippen LogP contribution in [-0.4, -0.2) is 51.2 Å². The van der Waals surface area contributed by atoms with E-state index in [0.717, 1.165) is 24.8 Å². The van der Waals surface area contributed by atoms with Crippen LogP contribution in [0.2, 0.25) is 0 Å². The molecule has 1 amide bonds. The monoisotopic (exact) mass is 353 g/mol. The molecule has 1 saturated heterocycles. The summed E-state index contributed by atoms with van der Waals surface area (Å²) in [6.07, 6.45) is 2.96. The van der Waals surface area contributed by atoms with Crippen molar-refractivity contribution in [2.75, 3.05) is 31.2 Å². The average Bonchev–Trinajstić information content (AvgIpc) is 2.52. The summed E-state index contributed by atoms with van der Waals surface area (Å²) in [4.78, 5) is 13.9. The van der Waals surface area contributed by atoms with Gasteiger partial charge in [0.25, 0.3) is 0 Å². The van der Waals surface area contributed by atoms with E-state index in [-0.39, 0.29) is 18.5 Å². The van der Waals surface area contributed by atoms with Crippen LogP contribution in [0.1, 0.15) is 38.2 Å². The summed E-state index contributed by atoms with van der Waals surface area (Å²) < 4.78 is 24.5. The zero-order valence-electron chi connectivity index (χ0n) is 14.6. The van der Waals surface area contributed by atoms with Crippen molar-refractivity contribution in [2.45, 2.75) is 38.6 Å². The van der Waals surface area contributed by atoms with Gasteiger partial charge in [-0.3, -0.25) is 4.79 Å². The van der Waals surface area contributed by atoms with E-state index in [4.69, 9.17) is 0 Å². The highest BCUT2D eigenvalue weighted by molar-refractivity contribution is 7.88. The van der Waals surface area contributed by atoms with Crippen LogP contribution in [0.25, 0.3) is 0 Å². The van der Waals surface area contributed by atoms with E-state index in [1.807, 2.05) is 0 Å². The van der Waals surface area contributed by atoms with Crippen molar-refractivity contribution < 1.29 is 13.2 Å². The lowest BCUT2D eigenvalue weighted by molar-refractivity contribution is -0.130. The number of hydrogen-bond acceptors (Lipinski definition) is 4. The van der Waals surface area contributed by atoms with Gasteiger partial charge >= 0.3 is 0 Å². The number of likely N-dealkylation sites (tertiary alicyclic amines) is 1. The molecule has 1 atom stereocenters. The molecule has 1 aliphatic rings. The summed E-state index contributed by atoms with van der Waals surface area (Å²) in [5, 5.41) is 3.47. The average molecular weight is 353 g/mol. The maximum absolute atomic E-state index is 12.1. The van der Waals surface area contributed by atoms with Gasteiger partial charge in [-0.15, -0.1) is 0 Å². The van der Waals surface area contributed by atoms with Gasteiger partial charge in [-0.05, 0) is 36.5 Å². The number of rotatable bonds is 6. The number of carbonyl (C=O) groups is 1. The molecule has 1 heterocycles. The summed E-state index contributed by atoms with van der Waals surface area (Å²) in [5.41, 5.74) is 2.35. The summed E-state index contributed by atoms with van der Waals surface area (Å²) >= 11 is 0. The molecule has 1 aromatic carbocycles. The minimum atomic E-state index is -3.34. The molecule has 2 rings (SSSR count). The normalized spacial score (nSPS) is 18.7. The van der Waals surface area contributed by atoms with E-state index in [2.05, 4.69) is 48.2 Å². The van der Waals surface area contributed by atoms with Crippen LogP contribution < -0.4 is 10.0 Å². The topological polar surface area (TPSA) is 78.5 Å². The van der Waals surface area contributed by atoms with E-state index in [1.165, 1.54) is 5.56 Å². The lowest BCUT2D eigenvalue weighted by Gasteiger charge is -2.33. The third-order valence-electron chi connectivity index (χ3n) is 4.21. The Bertz CT molecular complexity index is 656. The molecule has 7 heteroatoms. The Morgan fingerprint density at radius 3 is 2.54 bits per heavy atom. The van der Waals surface area contributed by atoms with Gasteiger partial charge in [0.05, 0.1) is 12.8 Å². The van der Waals surface area contributed by atoms with Crippen LogP contribution in [0.15, 0.2) is 24.3 Å². The molecular weight excluding hydrogens is 326 g/mol. The minimum Gasteiger partial charge on any atom is -0.381 e. The van der Waals surface area contributed by atoms with Crippen LogP contribution >= 0.6 is 0 Å². The molecule has 0 spiro atoms. The number of sulfonamides is 1. The number of amides is 1. The molecule has 6 nitrogen and oxygen atoms in total. The third-order valence-corrected chi connectivity index (χ3v) is 4.88. The molecule has 0 saturated carbocycles. The van der Waals surface area contributed by atoms with Gasteiger partial charge in [0, 0.05) is 24.8 Å². The highest BCUT2D eigenvalue weighted by atomic mass is 32.2. The lowest BCUT2D eigenvalue weighted by Crippen LogP contribution is -2.48. The van der Waals surface area contributed by atoms with Crippen molar-refractivity contribution >= 4 is 21.6 Å². The summed E-state index contributed by atoms with van der Waals surface area (Å²) in [6, 6.07) is 8.57. The number of carbonyl (C=O) groups excluding carboxylic acids is 1. The fourth-order valence-corrected chi connectivity index (χ4v) is 3.21. The lowest BCUT2D eigenvalue weighted by atomic mass is 10.0. The van der Waals surface area contributed by atoms with Gasteiger partial charge in [-0.2, -0.15) is 0 Å². The predicted molar refractivity (Wildman–Crippen MR) is 96.6 cm³/mol. The van der Waals surface area contributed by atoms with Crippen molar-refractivity contribution in [3.05, 3.63) is 29.8 Å². The van der Waals surface area contributed by atoms with E-state index in [9.17, 15) is 13.2 Å². The highest BCUT2D eigenvalue weighted by Gasteiger charge is 2.23. The number of nitrogens with zero attached hydrogens (tertiary/aromatic N) is 1. The van der Waals surface area contributed by atoms with Crippen molar-refractivity contribution in [3.63, 3.8) is 0 Å². The molecule has 24 heavy (non-hydrogen) atoms. The first-order valence-corrected chi connectivity index (χ1v) is 10.2. The van der Waals surface area contributed by atoms with Crippen molar-refractivity contribution in [2.24, 2.45) is 0 Å². The first kappa shape index (κ1) is 18.7. The standard InChI is InChI=1S/C17H27N3O3S/c1-13(2)14-6-8-15(9-7-14)19-16-5-4-10-20(12-16)17(21)11-18-24(3,22)23/h6-9,13,16,18-19H,4-5,10-12H2,1-3H3/t16-/m0/s1. The molecule has 134 valence electrons. The second kappa shape index (κ2) is 7.98. The van der Waals surface area contributed by atoms with Crippen LogP contribution in [-0.2, 0) is 14.8 Å². The van der Waals surface area contributed by atoms with Gasteiger partial charge in [0.15, 0.2) is 0 Å². The smallest absolute Gasteiger partial charge is 0.237 e. The van der Waals surface area contributed by atoms with Crippen LogP contribution in [0, 0.1) is 0 Å². The number of nitrogens with one attached hydrogen (secondary N) is 2. The van der Waals surface area contributed by atoms with Crippen LogP contribution in [0.5, 0.6) is 0 Å². The SMILES string of the molecule is CC(C)c1ccc(N[C@H]2CCCN(C(=O)CNS(C)(=O)=O)C2)cc1. The highest BCUT2D eigenvalue weighted by Crippen LogP contribution is 2.20. The number of piperidine rings is 1. The number of anilines is 1. The summed E-state index contributed by atoms with van der Waals surface area (Å²) in [6.45, 7) is 5.43. The first-order chi connectivity index (χ1) is 11.2. The van der Waals surface area contributed by atoms with E-state index in [1.54, 1.807) is 4.90 Å². The largest absolute Gasteiger partial charge is 0.381 e. The molecule has 1 aromatic rings. The summed E-state index contributed by atoms with van der Waals surface area (Å²) in [5.74, 6) is 0.325. The molecule has 2 N–H and O–H groups in total. The quantitative estimate of drug-likeness (QED) is 0.817. The van der Waals surface area contributed by atoms with Crippen molar-refractivity contribution in [1.29, 1.82) is 0 Å².